The van der Waals surface area contributed by atoms with Crippen LogP contribution in [0.25, 0.3) is 0 Å². The highest BCUT2D eigenvalue weighted by molar-refractivity contribution is 7.89. The molecular weight excluding hydrogens is 485 g/mol. The zero-order chi connectivity index (χ0) is 25.5. The van der Waals surface area contributed by atoms with Gasteiger partial charge in [0.1, 0.15) is 11.0 Å². The molecule has 0 spiro atoms. The van der Waals surface area contributed by atoms with Gasteiger partial charge < -0.3 is 9.84 Å². The van der Waals surface area contributed by atoms with Crippen molar-refractivity contribution >= 4 is 16.0 Å². The van der Waals surface area contributed by atoms with Crippen LogP contribution >= 0.6 is 0 Å². The minimum Gasteiger partial charge on any atom is -0.481 e. The van der Waals surface area contributed by atoms with E-state index in [0.717, 1.165) is 11.1 Å². The molecule has 2 aromatic rings. The van der Waals surface area contributed by atoms with Crippen molar-refractivity contribution in [1.29, 1.82) is 0 Å². The van der Waals surface area contributed by atoms with Crippen LogP contribution in [0.3, 0.4) is 0 Å². The van der Waals surface area contributed by atoms with Crippen molar-refractivity contribution in [2.45, 2.75) is 50.5 Å². The third-order valence-electron chi connectivity index (χ3n) is 6.58. The van der Waals surface area contributed by atoms with Crippen LogP contribution in [0.1, 0.15) is 35.8 Å². The number of carboxylic acids is 1. The Morgan fingerprint density at radius 2 is 1.66 bits per heavy atom. The lowest BCUT2D eigenvalue weighted by atomic mass is 10.1. The lowest BCUT2D eigenvalue weighted by Gasteiger charge is -2.44. The monoisotopic (exact) mass is 512 g/mol. The molecule has 0 bridgehead atoms. The SMILES string of the molecule is C[C@@H]1CN(Cc2ccc(OC(F)(F)F)cc2)C[C@H](C)N1S(=O)(=O)C1c2ccccc2CC1C(=O)O. The van der Waals surface area contributed by atoms with Crippen molar-refractivity contribution in [3.05, 3.63) is 65.2 Å². The molecule has 0 aromatic heterocycles. The molecule has 11 heteroatoms. The van der Waals surface area contributed by atoms with Crippen LogP contribution < -0.4 is 4.74 Å². The third kappa shape index (κ3) is 5.31. The van der Waals surface area contributed by atoms with Crippen LogP contribution in [0, 0.1) is 5.92 Å². The van der Waals surface area contributed by atoms with Crippen molar-refractivity contribution in [3.8, 4) is 5.75 Å². The molecule has 190 valence electrons. The molecule has 1 saturated heterocycles. The number of fused-ring (bicyclic) bond motifs is 1. The molecule has 2 unspecified atom stereocenters. The Bertz CT molecular complexity index is 1170. The molecule has 0 saturated carbocycles. The number of hydrogen-bond acceptors (Lipinski definition) is 5. The van der Waals surface area contributed by atoms with Gasteiger partial charge in [0.15, 0.2) is 0 Å². The molecule has 0 amide bonds. The maximum atomic E-state index is 13.8. The van der Waals surface area contributed by atoms with E-state index in [-0.39, 0.29) is 12.2 Å². The molecule has 1 aliphatic carbocycles. The average Bonchev–Trinajstić information content (AvgIpc) is 3.14. The highest BCUT2D eigenvalue weighted by atomic mass is 32.2. The van der Waals surface area contributed by atoms with Gasteiger partial charge in [-0.3, -0.25) is 9.69 Å². The van der Waals surface area contributed by atoms with Crippen LogP contribution in [-0.4, -0.2) is 60.2 Å². The number of halogens is 3. The lowest BCUT2D eigenvalue weighted by molar-refractivity contribution is -0.274. The van der Waals surface area contributed by atoms with Crippen LogP contribution in [-0.2, 0) is 27.8 Å². The topological polar surface area (TPSA) is 87.2 Å². The smallest absolute Gasteiger partial charge is 0.481 e. The van der Waals surface area contributed by atoms with E-state index < -0.39 is 45.6 Å². The molecule has 1 fully saturated rings. The number of sulfonamides is 1. The number of ether oxygens (including phenoxy) is 1. The van der Waals surface area contributed by atoms with Crippen LogP contribution in [0.5, 0.6) is 5.75 Å². The van der Waals surface area contributed by atoms with E-state index >= 15 is 0 Å². The lowest BCUT2D eigenvalue weighted by Crippen LogP contribution is -2.59. The van der Waals surface area contributed by atoms with Crippen molar-refractivity contribution in [2.75, 3.05) is 13.1 Å². The molecule has 2 aromatic carbocycles. The number of piperazine rings is 1. The fourth-order valence-electron chi connectivity index (χ4n) is 5.38. The number of nitrogens with zero attached hydrogens (tertiary/aromatic N) is 2. The second-order valence-electron chi connectivity index (χ2n) is 9.23. The Morgan fingerprint density at radius 1 is 1.06 bits per heavy atom. The maximum absolute atomic E-state index is 13.8. The van der Waals surface area contributed by atoms with Gasteiger partial charge in [-0.15, -0.1) is 13.2 Å². The number of benzene rings is 2. The molecule has 2 aliphatic rings. The Kier molecular flexibility index (Phi) is 6.87. The van der Waals surface area contributed by atoms with Gasteiger partial charge in [-0.05, 0) is 49.1 Å². The standard InChI is InChI=1S/C24H27F3N2O5S/c1-15-12-28(14-17-7-9-19(10-8-17)34-24(25,26)27)13-16(2)29(15)35(32,33)22-20-6-4-3-5-18(20)11-21(22)23(30)31/h3-10,15-16,21-22H,11-14H2,1-2H3,(H,30,31)/t15-,16+,21?,22?. The van der Waals surface area contributed by atoms with Gasteiger partial charge >= 0.3 is 12.3 Å². The summed E-state index contributed by atoms with van der Waals surface area (Å²) in [5.41, 5.74) is 2.05. The van der Waals surface area contributed by atoms with Gasteiger partial charge in [0.05, 0.1) is 5.92 Å². The fourth-order valence-corrected chi connectivity index (χ4v) is 7.95. The predicted molar refractivity (Wildman–Crippen MR) is 122 cm³/mol. The second-order valence-corrected chi connectivity index (χ2v) is 11.2. The molecular formula is C24H27F3N2O5S. The minimum absolute atomic E-state index is 0.173. The van der Waals surface area contributed by atoms with E-state index in [1.54, 1.807) is 50.2 Å². The fraction of sp³-hybridized carbons (Fsp3) is 0.458. The summed E-state index contributed by atoms with van der Waals surface area (Å²) in [4.78, 5) is 14.0. The first-order valence-corrected chi connectivity index (χ1v) is 12.8. The van der Waals surface area contributed by atoms with Gasteiger partial charge in [-0.25, -0.2) is 8.42 Å². The predicted octanol–water partition coefficient (Wildman–Crippen LogP) is 3.81. The number of alkyl halides is 3. The highest BCUT2D eigenvalue weighted by Gasteiger charge is 2.50. The van der Waals surface area contributed by atoms with E-state index in [1.807, 2.05) is 4.90 Å². The van der Waals surface area contributed by atoms with Crippen LogP contribution in [0.15, 0.2) is 48.5 Å². The first kappa shape index (κ1) is 25.5. The van der Waals surface area contributed by atoms with Crippen molar-refractivity contribution in [3.63, 3.8) is 0 Å². The molecule has 4 rings (SSSR count). The van der Waals surface area contributed by atoms with Gasteiger partial charge in [-0.1, -0.05) is 36.4 Å². The van der Waals surface area contributed by atoms with Gasteiger partial charge in [0.25, 0.3) is 0 Å². The van der Waals surface area contributed by atoms with Crippen molar-refractivity contribution in [1.82, 2.24) is 9.21 Å². The van der Waals surface area contributed by atoms with Gasteiger partial charge in [-0.2, -0.15) is 4.31 Å². The number of carbonyl (C=O) groups is 1. The van der Waals surface area contributed by atoms with Crippen LogP contribution in [0.4, 0.5) is 13.2 Å². The average molecular weight is 513 g/mol. The summed E-state index contributed by atoms with van der Waals surface area (Å²) in [5.74, 6) is -2.48. The largest absolute Gasteiger partial charge is 0.573 e. The molecule has 7 nitrogen and oxygen atoms in total. The van der Waals surface area contributed by atoms with E-state index in [2.05, 4.69) is 4.74 Å². The van der Waals surface area contributed by atoms with Gasteiger partial charge in [0.2, 0.25) is 10.0 Å². The summed E-state index contributed by atoms with van der Waals surface area (Å²) < 4.78 is 70.2. The van der Waals surface area contributed by atoms with Gasteiger partial charge in [0, 0.05) is 31.7 Å². The molecule has 35 heavy (non-hydrogen) atoms. The molecule has 4 atom stereocenters. The first-order valence-electron chi connectivity index (χ1n) is 11.3. The summed E-state index contributed by atoms with van der Waals surface area (Å²) in [6, 6.07) is 11.7. The molecule has 1 heterocycles. The quantitative estimate of drug-likeness (QED) is 0.634. The van der Waals surface area contributed by atoms with Crippen molar-refractivity contribution < 1.29 is 36.2 Å². The molecule has 1 N–H and O–H groups in total. The Morgan fingerprint density at radius 3 is 2.23 bits per heavy atom. The van der Waals surface area contributed by atoms with Crippen LogP contribution in [0.2, 0.25) is 0 Å². The number of hydrogen-bond donors (Lipinski definition) is 1. The highest BCUT2D eigenvalue weighted by Crippen LogP contribution is 2.44. The molecule has 0 radical (unpaired) electrons. The minimum atomic E-state index is -4.76. The Hall–Kier alpha value is -2.63. The summed E-state index contributed by atoms with van der Waals surface area (Å²) in [7, 11) is -3.98. The van der Waals surface area contributed by atoms with E-state index in [1.165, 1.54) is 16.4 Å². The normalized spacial score (nSPS) is 25.9. The molecule has 1 aliphatic heterocycles. The number of carboxylic acid groups (broad SMARTS) is 1. The van der Waals surface area contributed by atoms with E-state index in [9.17, 15) is 31.5 Å². The van der Waals surface area contributed by atoms with E-state index in [0.29, 0.717) is 25.2 Å². The zero-order valence-electron chi connectivity index (χ0n) is 19.3. The maximum Gasteiger partial charge on any atom is 0.573 e. The summed E-state index contributed by atoms with van der Waals surface area (Å²) in [5, 5.41) is 8.63. The summed E-state index contributed by atoms with van der Waals surface area (Å²) in [6.45, 7) is 4.81. The Labute approximate surface area is 202 Å². The summed E-state index contributed by atoms with van der Waals surface area (Å²) in [6.07, 6.45) is -4.58. The third-order valence-corrected chi connectivity index (χ3v) is 9.11. The first-order chi connectivity index (χ1) is 16.4. The number of aliphatic carboxylic acids is 1. The summed E-state index contributed by atoms with van der Waals surface area (Å²) >= 11 is 0. The number of rotatable bonds is 6. The van der Waals surface area contributed by atoms with Crippen molar-refractivity contribution in [2.24, 2.45) is 5.92 Å². The van der Waals surface area contributed by atoms with E-state index in [4.69, 9.17) is 0 Å². The second kappa shape index (κ2) is 9.44. The Balaban J connectivity index is 1.50. The zero-order valence-corrected chi connectivity index (χ0v) is 20.1.